The molecule has 76 valence electrons. The Kier molecular flexibility index (Phi) is 1.57. The number of aliphatic hydroxyl groups excluding tert-OH is 1. The van der Waals surface area contributed by atoms with Gasteiger partial charge in [0.2, 0.25) is 0 Å². The quantitative estimate of drug-likeness (QED) is 0.742. The number of fused-ring (bicyclic) bond motifs is 1. The zero-order chi connectivity index (χ0) is 9.76. The molecule has 3 rings (SSSR count). The van der Waals surface area contributed by atoms with Gasteiger partial charge in [-0.25, -0.2) is 0 Å². The van der Waals surface area contributed by atoms with E-state index in [9.17, 15) is 5.11 Å². The molecule has 1 unspecified atom stereocenters. The Labute approximate surface area is 83.5 Å². The van der Waals surface area contributed by atoms with E-state index < -0.39 is 0 Å². The summed E-state index contributed by atoms with van der Waals surface area (Å²) in [4.78, 5) is 0. The van der Waals surface area contributed by atoms with Crippen LogP contribution in [-0.2, 0) is 18.3 Å². The topological polar surface area (TPSA) is 48.9 Å². The molecule has 1 atom stereocenters. The van der Waals surface area contributed by atoms with E-state index in [0.29, 0.717) is 0 Å². The summed E-state index contributed by atoms with van der Waals surface area (Å²) in [7, 11) is 0. The number of nitrogens with zero attached hydrogens (tertiary/aromatic N) is 1. The van der Waals surface area contributed by atoms with Gasteiger partial charge in [-0.05, 0) is 44.6 Å². The second kappa shape index (κ2) is 2.60. The summed E-state index contributed by atoms with van der Waals surface area (Å²) in [5, 5.41) is 17.3. The molecule has 0 saturated heterocycles. The van der Waals surface area contributed by atoms with Crippen LogP contribution in [0.4, 0.5) is 0 Å². The third-order valence-electron chi connectivity index (χ3n) is 3.87. The normalized spacial score (nSPS) is 24.7. The second-order valence-electron chi connectivity index (χ2n) is 4.71. The summed E-state index contributed by atoms with van der Waals surface area (Å²) in [5.41, 5.74) is 3.89. The van der Waals surface area contributed by atoms with E-state index >= 15 is 0 Å². The molecule has 1 fully saturated rings. The van der Waals surface area contributed by atoms with Gasteiger partial charge in [-0.1, -0.05) is 0 Å². The van der Waals surface area contributed by atoms with E-state index in [1.165, 1.54) is 23.4 Å². The van der Waals surface area contributed by atoms with E-state index in [1.54, 1.807) is 0 Å². The van der Waals surface area contributed by atoms with Crippen LogP contribution < -0.4 is 0 Å². The van der Waals surface area contributed by atoms with Crippen LogP contribution in [0.15, 0.2) is 0 Å². The van der Waals surface area contributed by atoms with Crippen LogP contribution in [0.5, 0.6) is 0 Å². The lowest BCUT2D eigenvalue weighted by Gasteiger charge is -2.17. The highest BCUT2D eigenvalue weighted by molar-refractivity contribution is 5.39. The highest BCUT2D eigenvalue weighted by atomic mass is 16.3. The maximum atomic E-state index is 9.79. The van der Waals surface area contributed by atoms with Crippen LogP contribution in [0.1, 0.15) is 43.1 Å². The van der Waals surface area contributed by atoms with Crippen LogP contribution in [-0.4, -0.2) is 21.4 Å². The van der Waals surface area contributed by atoms with Gasteiger partial charge in [0, 0.05) is 11.1 Å². The molecule has 1 aromatic rings. The average Bonchev–Trinajstić information content (AvgIpc) is 2.67. The lowest BCUT2D eigenvalue weighted by Crippen LogP contribution is -2.24. The van der Waals surface area contributed by atoms with Gasteiger partial charge in [0.15, 0.2) is 0 Å². The van der Waals surface area contributed by atoms with E-state index in [0.717, 1.165) is 25.7 Å². The van der Waals surface area contributed by atoms with E-state index in [1.807, 2.05) is 6.92 Å². The van der Waals surface area contributed by atoms with Crippen molar-refractivity contribution < 1.29 is 5.11 Å². The standard InChI is InChI=1S/C11H16N2O/c1-7(14)11(5-6-11)10-8-3-2-4-9(8)12-13-10/h7,14H,2-6H2,1H3,(H,12,13). The molecule has 1 saturated carbocycles. The first-order valence-corrected chi connectivity index (χ1v) is 5.49. The zero-order valence-electron chi connectivity index (χ0n) is 8.51. The minimum absolute atomic E-state index is 0.00836. The van der Waals surface area contributed by atoms with Crippen molar-refractivity contribution in [3.8, 4) is 0 Å². The van der Waals surface area contributed by atoms with Crippen molar-refractivity contribution in [1.29, 1.82) is 0 Å². The van der Waals surface area contributed by atoms with Gasteiger partial charge in [-0.2, -0.15) is 5.10 Å². The lowest BCUT2D eigenvalue weighted by atomic mass is 9.92. The molecule has 0 aromatic carbocycles. The van der Waals surface area contributed by atoms with Crippen molar-refractivity contribution in [3.63, 3.8) is 0 Å². The molecular weight excluding hydrogens is 176 g/mol. The predicted molar refractivity (Wildman–Crippen MR) is 53.2 cm³/mol. The second-order valence-corrected chi connectivity index (χ2v) is 4.71. The zero-order valence-corrected chi connectivity index (χ0v) is 8.51. The van der Waals surface area contributed by atoms with Gasteiger partial charge in [0.1, 0.15) is 0 Å². The molecule has 0 radical (unpaired) electrons. The number of aromatic amines is 1. The molecule has 2 aliphatic carbocycles. The highest BCUT2D eigenvalue weighted by Crippen LogP contribution is 2.52. The molecule has 3 nitrogen and oxygen atoms in total. The molecule has 0 bridgehead atoms. The SMILES string of the molecule is CC(O)C1(c2n[nH]c3c2CCC3)CC1. The van der Waals surface area contributed by atoms with Gasteiger partial charge >= 0.3 is 0 Å². The highest BCUT2D eigenvalue weighted by Gasteiger charge is 2.52. The smallest absolute Gasteiger partial charge is 0.0744 e. The molecule has 2 aliphatic rings. The first-order valence-electron chi connectivity index (χ1n) is 5.49. The molecule has 1 heterocycles. The number of aromatic nitrogens is 2. The third-order valence-corrected chi connectivity index (χ3v) is 3.87. The Morgan fingerprint density at radius 3 is 2.86 bits per heavy atom. The molecule has 0 spiro atoms. The molecule has 2 N–H and O–H groups in total. The predicted octanol–water partition coefficient (Wildman–Crippen LogP) is 1.31. The summed E-state index contributed by atoms with van der Waals surface area (Å²) in [5.74, 6) is 0. The fraction of sp³-hybridized carbons (Fsp3) is 0.727. The molecule has 14 heavy (non-hydrogen) atoms. The molecule has 1 aromatic heterocycles. The fourth-order valence-electron chi connectivity index (χ4n) is 2.72. The summed E-state index contributed by atoms with van der Waals surface area (Å²) in [6.45, 7) is 1.89. The van der Waals surface area contributed by atoms with Crippen LogP contribution in [0, 0.1) is 0 Å². The summed E-state index contributed by atoms with van der Waals surface area (Å²) >= 11 is 0. The van der Waals surface area contributed by atoms with Crippen molar-refractivity contribution in [2.75, 3.05) is 0 Å². The Balaban J connectivity index is 2.05. The van der Waals surface area contributed by atoms with Crippen LogP contribution in [0.25, 0.3) is 0 Å². The van der Waals surface area contributed by atoms with Gasteiger partial charge in [-0.3, -0.25) is 5.10 Å². The Bertz CT molecular complexity index is 363. The van der Waals surface area contributed by atoms with Gasteiger partial charge in [-0.15, -0.1) is 0 Å². The van der Waals surface area contributed by atoms with Gasteiger partial charge in [0.05, 0.1) is 11.8 Å². The number of hydrogen-bond donors (Lipinski definition) is 2. The van der Waals surface area contributed by atoms with Crippen LogP contribution in [0.3, 0.4) is 0 Å². The Morgan fingerprint density at radius 1 is 1.43 bits per heavy atom. The Morgan fingerprint density at radius 2 is 2.21 bits per heavy atom. The summed E-state index contributed by atoms with van der Waals surface area (Å²) in [6.07, 6.45) is 5.47. The number of rotatable bonds is 2. The average molecular weight is 192 g/mol. The molecular formula is C11H16N2O. The van der Waals surface area contributed by atoms with Crippen molar-refractivity contribution in [3.05, 3.63) is 17.0 Å². The number of nitrogens with one attached hydrogen (secondary N) is 1. The number of aryl methyl sites for hydroxylation is 1. The first-order chi connectivity index (χ1) is 6.74. The number of H-pyrrole nitrogens is 1. The van der Waals surface area contributed by atoms with Crippen molar-refractivity contribution in [2.45, 2.75) is 50.5 Å². The maximum Gasteiger partial charge on any atom is 0.0744 e. The number of hydrogen-bond acceptors (Lipinski definition) is 2. The lowest BCUT2D eigenvalue weighted by molar-refractivity contribution is 0.148. The minimum atomic E-state index is -0.254. The summed E-state index contributed by atoms with van der Waals surface area (Å²) < 4.78 is 0. The van der Waals surface area contributed by atoms with Crippen molar-refractivity contribution in [2.24, 2.45) is 0 Å². The van der Waals surface area contributed by atoms with Gasteiger partial charge in [0.25, 0.3) is 0 Å². The van der Waals surface area contributed by atoms with E-state index in [-0.39, 0.29) is 11.5 Å². The monoisotopic (exact) mass is 192 g/mol. The van der Waals surface area contributed by atoms with E-state index in [2.05, 4.69) is 10.2 Å². The van der Waals surface area contributed by atoms with Crippen molar-refractivity contribution >= 4 is 0 Å². The summed E-state index contributed by atoms with van der Waals surface area (Å²) in [6, 6.07) is 0. The minimum Gasteiger partial charge on any atom is -0.392 e. The molecule has 0 aliphatic heterocycles. The fourth-order valence-corrected chi connectivity index (χ4v) is 2.72. The van der Waals surface area contributed by atoms with E-state index in [4.69, 9.17) is 0 Å². The van der Waals surface area contributed by atoms with Crippen LogP contribution in [0.2, 0.25) is 0 Å². The van der Waals surface area contributed by atoms with Crippen LogP contribution >= 0.6 is 0 Å². The molecule has 3 heteroatoms. The largest absolute Gasteiger partial charge is 0.392 e. The third kappa shape index (κ3) is 0.934. The molecule has 0 amide bonds. The number of aliphatic hydroxyl groups is 1. The van der Waals surface area contributed by atoms with Gasteiger partial charge < -0.3 is 5.11 Å². The Hall–Kier alpha value is -0.830. The van der Waals surface area contributed by atoms with Crippen molar-refractivity contribution in [1.82, 2.24) is 10.2 Å². The first kappa shape index (κ1) is 8.48. The maximum absolute atomic E-state index is 9.79.